The first kappa shape index (κ1) is 39.9. The smallest absolute Gasteiger partial charge is 0.208 e. The molecule has 0 amide bonds. The lowest BCUT2D eigenvalue weighted by molar-refractivity contribution is 0.329. The first-order valence-corrected chi connectivity index (χ1v) is 16.8. The predicted octanol–water partition coefficient (Wildman–Crippen LogP) is 3.83. The van der Waals surface area contributed by atoms with Crippen molar-refractivity contribution in [2.45, 2.75) is 0 Å². The van der Waals surface area contributed by atoms with E-state index in [1.54, 1.807) is 0 Å². The standard InChI is InChI=1S/C38H24O25/c39-13-3-1(7-14(40)11-12-24(50)31(57)34(60)36(62)38(12)63-37(11)35(61)23(7)49)5-6(17(43)26(52)25(51)16(5)42)2(8-19(45)27(53)32(58)28(54)20(8)46)4(3)15(41)18(44)9(13)10-21(47)29(55)33(59)30(56)22(10)48/h39-62H. The molecule has 8 rings (SSSR count). The highest BCUT2D eigenvalue weighted by atomic mass is 16.4. The van der Waals surface area contributed by atoms with E-state index in [1.165, 1.54) is 0 Å². The molecule has 0 aliphatic heterocycles. The molecule has 0 aliphatic rings. The summed E-state index contributed by atoms with van der Waals surface area (Å²) in [6.45, 7) is 0. The molecule has 0 aliphatic carbocycles. The van der Waals surface area contributed by atoms with Crippen LogP contribution in [0.25, 0.3) is 76.9 Å². The molecule has 326 valence electrons. The van der Waals surface area contributed by atoms with Gasteiger partial charge in [-0.1, -0.05) is 0 Å². The van der Waals surface area contributed by atoms with Crippen molar-refractivity contribution in [2.24, 2.45) is 0 Å². The monoisotopic (exact) mass is 880 g/mol. The van der Waals surface area contributed by atoms with Crippen molar-refractivity contribution in [3.8, 4) is 171 Å². The first-order chi connectivity index (χ1) is 29.3. The van der Waals surface area contributed by atoms with Crippen LogP contribution < -0.4 is 0 Å². The van der Waals surface area contributed by atoms with Crippen LogP contribution in [-0.2, 0) is 0 Å². The van der Waals surface area contributed by atoms with Gasteiger partial charge < -0.3 is 127 Å². The Kier molecular flexibility index (Phi) is 7.78. The van der Waals surface area contributed by atoms with Gasteiger partial charge in [-0.05, 0) is 0 Å². The van der Waals surface area contributed by atoms with Crippen LogP contribution in [0.2, 0.25) is 0 Å². The molecule has 63 heavy (non-hydrogen) atoms. The topological polar surface area (TPSA) is 499 Å². The van der Waals surface area contributed by atoms with Crippen molar-refractivity contribution < 1.29 is 127 Å². The van der Waals surface area contributed by atoms with Gasteiger partial charge in [0, 0.05) is 32.7 Å². The molecule has 1 heterocycles. The first-order valence-electron chi connectivity index (χ1n) is 16.8. The zero-order valence-electron chi connectivity index (χ0n) is 30.1. The number of hydrogen-bond donors (Lipinski definition) is 24. The van der Waals surface area contributed by atoms with Gasteiger partial charge in [0.1, 0.15) is 11.5 Å². The van der Waals surface area contributed by atoms with E-state index in [2.05, 4.69) is 0 Å². The van der Waals surface area contributed by atoms with Crippen molar-refractivity contribution in [2.75, 3.05) is 0 Å². The quantitative estimate of drug-likeness (QED) is 0.0681. The Morgan fingerprint density at radius 2 is 0.317 bits per heavy atom. The second-order valence-corrected chi connectivity index (χ2v) is 13.6. The number of phenols is 24. The number of hydrogen-bond acceptors (Lipinski definition) is 25. The number of benzene rings is 7. The molecule has 0 unspecified atom stereocenters. The molecule has 0 saturated heterocycles. The van der Waals surface area contributed by atoms with Crippen LogP contribution in [0.1, 0.15) is 0 Å². The van der Waals surface area contributed by atoms with E-state index >= 15 is 0 Å². The van der Waals surface area contributed by atoms with Crippen molar-refractivity contribution in [3.63, 3.8) is 0 Å². The lowest BCUT2D eigenvalue weighted by Gasteiger charge is -2.25. The van der Waals surface area contributed by atoms with Crippen LogP contribution in [0.15, 0.2) is 4.42 Å². The third kappa shape index (κ3) is 4.51. The van der Waals surface area contributed by atoms with Gasteiger partial charge in [-0.3, -0.25) is 0 Å². The molecular weight excluding hydrogens is 856 g/mol. The molecule has 8 aromatic rings. The van der Waals surface area contributed by atoms with Crippen LogP contribution in [0, 0.1) is 0 Å². The predicted molar refractivity (Wildman–Crippen MR) is 205 cm³/mol. The molecule has 0 saturated carbocycles. The molecule has 25 heteroatoms. The summed E-state index contributed by atoms with van der Waals surface area (Å²) in [6.07, 6.45) is 0. The van der Waals surface area contributed by atoms with Gasteiger partial charge in [0.05, 0.1) is 33.0 Å². The highest BCUT2D eigenvalue weighted by molar-refractivity contribution is 6.32. The molecule has 0 fully saturated rings. The third-order valence-electron chi connectivity index (χ3n) is 10.5. The van der Waals surface area contributed by atoms with Crippen molar-refractivity contribution in [3.05, 3.63) is 0 Å². The van der Waals surface area contributed by atoms with Crippen molar-refractivity contribution in [1.29, 1.82) is 0 Å². The lowest BCUT2D eigenvalue weighted by Crippen LogP contribution is -1.97. The van der Waals surface area contributed by atoms with Crippen LogP contribution >= 0.6 is 0 Å². The van der Waals surface area contributed by atoms with E-state index in [1.807, 2.05) is 0 Å². The highest BCUT2D eigenvalue weighted by Crippen LogP contribution is 2.69. The number of fused-ring (bicyclic) bond motifs is 5. The van der Waals surface area contributed by atoms with E-state index < -0.39 is 215 Å². The summed E-state index contributed by atoms with van der Waals surface area (Å²) >= 11 is 0. The molecule has 25 nitrogen and oxygen atoms in total. The molecule has 7 aromatic carbocycles. The maximum absolute atomic E-state index is 12.3. The van der Waals surface area contributed by atoms with E-state index in [0.717, 1.165) is 0 Å². The number of rotatable bonds is 3. The Labute approximate surface area is 341 Å². The van der Waals surface area contributed by atoms with Crippen LogP contribution in [-0.4, -0.2) is 123 Å². The zero-order valence-corrected chi connectivity index (χ0v) is 30.1. The molecule has 24 N–H and O–H groups in total. The van der Waals surface area contributed by atoms with Crippen LogP contribution in [0.5, 0.6) is 138 Å². The Bertz CT molecular complexity index is 3430. The molecule has 0 atom stereocenters. The fourth-order valence-electron chi connectivity index (χ4n) is 7.58. The van der Waals surface area contributed by atoms with Gasteiger partial charge in [0.2, 0.25) is 69.0 Å². The second kappa shape index (κ2) is 12.3. The van der Waals surface area contributed by atoms with Gasteiger partial charge in [0.15, 0.2) is 68.7 Å². The van der Waals surface area contributed by atoms with Crippen molar-refractivity contribution >= 4 is 43.5 Å². The lowest BCUT2D eigenvalue weighted by atomic mass is 9.81. The van der Waals surface area contributed by atoms with Gasteiger partial charge in [0.25, 0.3) is 0 Å². The van der Waals surface area contributed by atoms with Gasteiger partial charge in [-0.2, -0.15) is 0 Å². The Hall–Kier alpha value is -9.94. The summed E-state index contributed by atoms with van der Waals surface area (Å²) in [4.78, 5) is 0. The Morgan fingerprint density at radius 1 is 0.143 bits per heavy atom. The number of furan rings is 1. The minimum Gasteiger partial charge on any atom is -0.506 e. The molecule has 0 radical (unpaired) electrons. The fraction of sp³-hybridized carbons (Fsp3) is 0. The number of phenolic OH excluding ortho intramolecular Hbond substituents is 24. The van der Waals surface area contributed by atoms with Gasteiger partial charge in [-0.15, -0.1) is 0 Å². The average molecular weight is 881 g/mol. The molecule has 0 spiro atoms. The molecule has 1 aromatic heterocycles. The summed E-state index contributed by atoms with van der Waals surface area (Å²) in [5.74, 6) is -39.8. The average Bonchev–Trinajstić information content (AvgIpc) is 3.67. The summed E-state index contributed by atoms with van der Waals surface area (Å²) in [5, 5.41) is 256. The van der Waals surface area contributed by atoms with E-state index in [-0.39, 0.29) is 0 Å². The zero-order chi connectivity index (χ0) is 46.6. The second-order valence-electron chi connectivity index (χ2n) is 13.6. The fourth-order valence-corrected chi connectivity index (χ4v) is 7.58. The maximum Gasteiger partial charge on any atom is 0.208 e. The van der Waals surface area contributed by atoms with Crippen LogP contribution in [0.4, 0.5) is 0 Å². The van der Waals surface area contributed by atoms with Gasteiger partial charge >= 0.3 is 0 Å². The SMILES string of the molecule is Oc1c(O)c(O)c(-c2c(O)c(O)c3c(-c4c(O)c(O)c(O)c(O)c4O)c4c(O)c(O)c(O)c(O)c4c(-c4c(O)c(O)c5oc6c(O)c(O)c(O)c(O)c6c5c4O)c3c2O)c(O)c1O. The normalized spacial score (nSPS) is 11.7. The summed E-state index contributed by atoms with van der Waals surface area (Å²) < 4.78 is 5.28. The van der Waals surface area contributed by atoms with Gasteiger partial charge in [-0.25, -0.2) is 0 Å². The summed E-state index contributed by atoms with van der Waals surface area (Å²) in [7, 11) is 0. The maximum atomic E-state index is 12.3. The van der Waals surface area contributed by atoms with E-state index in [9.17, 15) is 123 Å². The van der Waals surface area contributed by atoms with Crippen LogP contribution in [0.3, 0.4) is 0 Å². The minimum absolute atomic E-state index is 0.996. The third-order valence-corrected chi connectivity index (χ3v) is 10.5. The number of aromatic hydroxyl groups is 24. The van der Waals surface area contributed by atoms with E-state index in [0.29, 0.717) is 0 Å². The highest BCUT2D eigenvalue weighted by Gasteiger charge is 2.40. The largest absolute Gasteiger partial charge is 0.506 e. The summed E-state index contributed by atoms with van der Waals surface area (Å²) in [5.41, 5.74) is -10.9. The van der Waals surface area contributed by atoms with E-state index in [4.69, 9.17) is 4.42 Å². The molecular formula is C38H24O25. The minimum atomic E-state index is -1.82. The Morgan fingerprint density at radius 3 is 0.714 bits per heavy atom. The Balaban J connectivity index is 1.81. The van der Waals surface area contributed by atoms with Crippen molar-refractivity contribution in [1.82, 2.24) is 0 Å². The molecule has 0 bridgehead atoms. The summed E-state index contributed by atoms with van der Waals surface area (Å²) in [6, 6.07) is 0.